The number of nitrogens with one attached hydrogen (secondary N) is 1. The zero-order valence-corrected chi connectivity index (χ0v) is 10.6. The first-order chi connectivity index (χ1) is 8.70. The van der Waals surface area contributed by atoms with Crippen LogP contribution in [0.1, 0.15) is 26.2 Å². The Morgan fingerprint density at radius 2 is 2.22 bits per heavy atom. The van der Waals surface area contributed by atoms with E-state index in [9.17, 15) is 4.79 Å². The van der Waals surface area contributed by atoms with Crippen LogP contribution in [0.4, 0.5) is 11.5 Å². The molecule has 1 saturated heterocycles. The van der Waals surface area contributed by atoms with Crippen molar-refractivity contribution in [1.29, 1.82) is 0 Å². The normalized spacial score (nSPS) is 16.6. The average Bonchev–Trinajstić information content (AvgIpc) is 2.90. The van der Waals surface area contributed by atoms with E-state index in [0.29, 0.717) is 6.42 Å². The Balaban J connectivity index is 2.00. The van der Waals surface area contributed by atoms with Gasteiger partial charge >= 0.3 is 5.97 Å². The van der Waals surface area contributed by atoms with Gasteiger partial charge in [-0.15, -0.1) is 0 Å². The summed E-state index contributed by atoms with van der Waals surface area (Å²) in [5.74, 6) is 0.141. The molecule has 1 aromatic rings. The summed E-state index contributed by atoms with van der Waals surface area (Å²) in [5, 5.41) is 11.9. The Hall–Kier alpha value is -1.78. The van der Waals surface area contributed by atoms with Crippen molar-refractivity contribution in [2.24, 2.45) is 0 Å². The summed E-state index contributed by atoms with van der Waals surface area (Å²) in [4.78, 5) is 17.5. The monoisotopic (exact) mass is 249 g/mol. The van der Waals surface area contributed by atoms with E-state index < -0.39 is 12.0 Å². The summed E-state index contributed by atoms with van der Waals surface area (Å²) >= 11 is 0. The summed E-state index contributed by atoms with van der Waals surface area (Å²) in [6.07, 6.45) is 4.69. The highest BCUT2D eigenvalue weighted by molar-refractivity contribution is 5.77. The smallest absolute Gasteiger partial charge is 0.326 e. The Morgan fingerprint density at radius 3 is 2.72 bits per heavy atom. The number of pyridine rings is 1. The van der Waals surface area contributed by atoms with E-state index in [1.807, 2.05) is 19.1 Å². The number of carbonyl (C=O) groups is 1. The van der Waals surface area contributed by atoms with Crippen molar-refractivity contribution in [3.63, 3.8) is 0 Å². The molecule has 98 valence electrons. The maximum atomic E-state index is 10.9. The van der Waals surface area contributed by atoms with Crippen LogP contribution < -0.4 is 10.2 Å². The van der Waals surface area contributed by atoms with E-state index in [0.717, 1.165) is 24.6 Å². The molecular formula is C13H19N3O2. The van der Waals surface area contributed by atoms with Crippen LogP contribution in [0.15, 0.2) is 18.3 Å². The summed E-state index contributed by atoms with van der Waals surface area (Å²) in [6.45, 7) is 3.97. The van der Waals surface area contributed by atoms with Crippen molar-refractivity contribution in [2.75, 3.05) is 23.3 Å². The van der Waals surface area contributed by atoms with Gasteiger partial charge in [0.1, 0.15) is 11.9 Å². The van der Waals surface area contributed by atoms with Crippen LogP contribution in [0.2, 0.25) is 0 Å². The summed E-state index contributed by atoms with van der Waals surface area (Å²) in [7, 11) is 0. The van der Waals surface area contributed by atoms with E-state index in [1.165, 1.54) is 12.8 Å². The minimum atomic E-state index is -0.832. The molecule has 0 aliphatic carbocycles. The van der Waals surface area contributed by atoms with Gasteiger partial charge in [-0.3, -0.25) is 0 Å². The topological polar surface area (TPSA) is 65.5 Å². The lowest BCUT2D eigenvalue weighted by molar-refractivity contribution is -0.137. The molecule has 0 aromatic carbocycles. The van der Waals surface area contributed by atoms with Gasteiger partial charge in [-0.05, 0) is 31.4 Å². The molecule has 0 spiro atoms. The molecular weight excluding hydrogens is 230 g/mol. The molecule has 0 radical (unpaired) electrons. The largest absolute Gasteiger partial charge is 0.480 e. The number of aliphatic carboxylic acids is 1. The first kappa shape index (κ1) is 12.7. The fourth-order valence-corrected chi connectivity index (χ4v) is 2.14. The van der Waals surface area contributed by atoms with Crippen molar-refractivity contribution in [3.8, 4) is 0 Å². The average molecular weight is 249 g/mol. The summed E-state index contributed by atoms with van der Waals surface area (Å²) in [5.41, 5.74) is 0.757. The molecule has 0 bridgehead atoms. The molecule has 1 aliphatic heterocycles. The Morgan fingerprint density at radius 1 is 1.50 bits per heavy atom. The van der Waals surface area contributed by atoms with Crippen LogP contribution in [0.25, 0.3) is 0 Å². The number of hydrogen-bond donors (Lipinski definition) is 2. The highest BCUT2D eigenvalue weighted by atomic mass is 16.4. The van der Waals surface area contributed by atoms with E-state index in [4.69, 9.17) is 5.11 Å². The van der Waals surface area contributed by atoms with E-state index in [1.54, 1.807) is 6.20 Å². The van der Waals surface area contributed by atoms with Crippen molar-refractivity contribution in [2.45, 2.75) is 32.2 Å². The van der Waals surface area contributed by atoms with Crippen LogP contribution in [0.5, 0.6) is 0 Å². The number of hydrogen-bond acceptors (Lipinski definition) is 4. The van der Waals surface area contributed by atoms with Crippen LogP contribution in [-0.2, 0) is 4.79 Å². The lowest BCUT2D eigenvalue weighted by Crippen LogP contribution is -2.28. The second kappa shape index (κ2) is 5.71. The number of anilines is 2. The molecule has 1 aromatic heterocycles. The van der Waals surface area contributed by atoms with Gasteiger partial charge in [0.05, 0.1) is 11.9 Å². The summed E-state index contributed by atoms with van der Waals surface area (Å²) < 4.78 is 0. The van der Waals surface area contributed by atoms with Gasteiger partial charge < -0.3 is 15.3 Å². The first-order valence-electron chi connectivity index (χ1n) is 6.41. The summed E-state index contributed by atoms with van der Waals surface area (Å²) in [6, 6.07) is 3.29. The molecule has 2 N–H and O–H groups in total. The number of carboxylic acids is 1. The van der Waals surface area contributed by atoms with Crippen molar-refractivity contribution >= 4 is 17.5 Å². The fraction of sp³-hybridized carbons (Fsp3) is 0.538. The number of nitrogens with zero attached hydrogens (tertiary/aromatic N) is 2. The van der Waals surface area contributed by atoms with Crippen LogP contribution in [-0.4, -0.2) is 35.2 Å². The van der Waals surface area contributed by atoms with Gasteiger partial charge in [0, 0.05) is 13.1 Å². The molecule has 1 atom stereocenters. The van der Waals surface area contributed by atoms with Crippen LogP contribution >= 0.6 is 0 Å². The molecule has 0 amide bonds. The fourth-order valence-electron chi connectivity index (χ4n) is 2.14. The van der Waals surface area contributed by atoms with E-state index in [-0.39, 0.29) is 0 Å². The van der Waals surface area contributed by atoms with Gasteiger partial charge in [-0.25, -0.2) is 9.78 Å². The van der Waals surface area contributed by atoms with Gasteiger partial charge in [0.25, 0.3) is 0 Å². The predicted octanol–water partition coefficient (Wildman–Crippen LogP) is 1.96. The second-order valence-electron chi connectivity index (χ2n) is 4.54. The highest BCUT2D eigenvalue weighted by Crippen LogP contribution is 2.19. The zero-order valence-electron chi connectivity index (χ0n) is 10.6. The zero-order chi connectivity index (χ0) is 13.0. The van der Waals surface area contributed by atoms with E-state index >= 15 is 0 Å². The Labute approximate surface area is 107 Å². The second-order valence-corrected chi connectivity index (χ2v) is 4.54. The van der Waals surface area contributed by atoms with Gasteiger partial charge in [0.15, 0.2) is 0 Å². The van der Waals surface area contributed by atoms with Crippen LogP contribution in [0, 0.1) is 0 Å². The third-order valence-electron chi connectivity index (χ3n) is 3.23. The number of aromatic nitrogens is 1. The predicted molar refractivity (Wildman–Crippen MR) is 71.0 cm³/mol. The lowest BCUT2D eigenvalue weighted by atomic mass is 10.2. The minimum absolute atomic E-state index is 0.545. The molecule has 0 saturated carbocycles. The Bertz CT molecular complexity index is 399. The van der Waals surface area contributed by atoms with Crippen molar-refractivity contribution < 1.29 is 9.90 Å². The molecule has 1 unspecified atom stereocenters. The molecule has 5 nitrogen and oxygen atoms in total. The van der Waals surface area contributed by atoms with Crippen LogP contribution in [0.3, 0.4) is 0 Å². The van der Waals surface area contributed by atoms with Gasteiger partial charge in [0.2, 0.25) is 0 Å². The van der Waals surface area contributed by atoms with Crippen molar-refractivity contribution in [1.82, 2.24) is 4.98 Å². The molecule has 1 aliphatic rings. The number of carboxylic acid groups (broad SMARTS) is 1. The minimum Gasteiger partial charge on any atom is -0.480 e. The number of rotatable bonds is 5. The molecule has 5 heteroatoms. The Kier molecular flexibility index (Phi) is 4.02. The third-order valence-corrected chi connectivity index (χ3v) is 3.23. The van der Waals surface area contributed by atoms with Gasteiger partial charge in [-0.2, -0.15) is 0 Å². The van der Waals surface area contributed by atoms with Crippen molar-refractivity contribution in [3.05, 3.63) is 18.3 Å². The SMILES string of the molecule is CCC(Nc1ccc(N2CCCC2)nc1)C(=O)O. The standard InChI is InChI=1S/C13H19N3O2/c1-2-11(13(17)18)15-10-5-6-12(14-9-10)16-7-3-4-8-16/h5-6,9,11,15H,2-4,7-8H2,1H3,(H,17,18). The van der Waals surface area contributed by atoms with Gasteiger partial charge in [-0.1, -0.05) is 6.92 Å². The molecule has 2 rings (SSSR count). The maximum absolute atomic E-state index is 10.9. The quantitative estimate of drug-likeness (QED) is 0.835. The molecule has 2 heterocycles. The lowest BCUT2D eigenvalue weighted by Gasteiger charge is -2.17. The first-order valence-corrected chi connectivity index (χ1v) is 6.41. The van der Waals surface area contributed by atoms with E-state index in [2.05, 4.69) is 15.2 Å². The molecule has 1 fully saturated rings. The maximum Gasteiger partial charge on any atom is 0.326 e. The highest BCUT2D eigenvalue weighted by Gasteiger charge is 2.16. The third kappa shape index (κ3) is 2.91. The molecule has 18 heavy (non-hydrogen) atoms.